The highest BCUT2D eigenvalue weighted by Gasteiger charge is 2.17. The summed E-state index contributed by atoms with van der Waals surface area (Å²) in [5.74, 6) is 1.17. The van der Waals surface area contributed by atoms with Gasteiger partial charge in [-0.15, -0.1) is 0 Å². The first-order valence-corrected chi connectivity index (χ1v) is 8.70. The van der Waals surface area contributed by atoms with Crippen molar-refractivity contribution in [3.8, 4) is 11.3 Å². The quantitative estimate of drug-likeness (QED) is 0.683. The summed E-state index contributed by atoms with van der Waals surface area (Å²) in [4.78, 5) is 23.0. The molecule has 0 saturated carbocycles. The number of imidazole rings is 1. The van der Waals surface area contributed by atoms with Gasteiger partial charge in [-0.3, -0.25) is 0 Å². The van der Waals surface area contributed by atoms with E-state index in [0.717, 1.165) is 34.5 Å². The van der Waals surface area contributed by atoms with Crippen LogP contribution in [0.1, 0.15) is 0 Å². The number of anilines is 2. The van der Waals surface area contributed by atoms with Crippen LogP contribution in [-0.2, 0) is 4.74 Å². The van der Waals surface area contributed by atoms with Crippen LogP contribution in [-0.4, -0.2) is 51.2 Å². The van der Waals surface area contributed by atoms with Crippen molar-refractivity contribution in [3.05, 3.63) is 36.8 Å². The van der Waals surface area contributed by atoms with Gasteiger partial charge >= 0.3 is 0 Å². The van der Waals surface area contributed by atoms with Gasteiger partial charge < -0.3 is 20.4 Å². The Kier molecular flexibility index (Phi) is 4.49. The lowest BCUT2D eigenvalue weighted by Crippen LogP contribution is -2.37. The van der Waals surface area contributed by atoms with Gasteiger partial charge in [-0.05, 0) is 30.0 Å². The second-order valence-corrected chi connectivity index (χ2v) is 6.47. The summed E-state index contributed by atoms with van der Waals surface area (Å²) in [6.45, 7) is 2.90. The lowest BCUT2D eigenvalue weighted by Gasteiger charge is -2.27. The molecule has 1 aliphatic heterocycles. The summed E-state index contributed by atoms with van der Waals surface area (Å²) in [5.41, 5.74) is 7.39. The van der Waals surface area contributed by atoms with Gasteiger partial charge in [0.25, 0.3) is 0 Å². The van der Waals surface area contributed by atoms with Crippen molar-refractivity contribution in [2.45, 2.75) is 10.2 Å². The first-order chi connectivity index (χ1) is 12.3. The zero-order valence-electron chi connectivity index (χ0n) is 13.4. The second kappa shape index (κ2) is 7.08. The Bertz CT molecular complexity index is 832. The van der Waals surface area contributed by atoms with Crippen LogP contribution in [0.3, 0.4) is 0 Å². The van der Waals surface area contributed by atoms with Gasteiger partial charge in [0.15, 0.2) is 5.16 Å². The van der Waals surface area contributed by atoms with E-state index in [1.807, 2.05) is 12.1 Å². The first-order valence-electron chi connectivity index (χ1n) is 7.89. The highest BCUT2D eigenvalue weighted by atomic mass is 32.2. The summed E-state index contributed by atoms with van der Waals surface area (Å²) in [7, 11) is 0. The number of hydrogen-bond donors (Lipinski definition) is 2. The molecule has 0 spiro atoms. The van der Waals surface area contributed by atoms with E-state index in [1.54, 1.807) is 24.7 Å². The number of aromatic nitrogens is 5. The Balaban J connectivity index is 1.72. The Hall–Kier alpha value is -2.65. The van der Waals surface area contributed by atoms with Crippen molar-refractivity contribution in [2.75, 3.05) is 36.9 Å². The number of nitrogens with zero attached hydrogens (tertiary/aromatic N) is 5. The minimum atomic E-state index is 0.483. The molecule has 25 heavy (non-hydrogen) atoms. The molecule has 0 radical (unpaired) electrons. The van der Waals surface area contributed by atoms with Crippen LogP contribution in [0.25, 0.3) is 11.3 Å². The molecule has 0 aliphatic carbocycles. The lowest BCUT2D eigenvalue weighted by atomic mass is 10.2. The van der Waals surface area contributed by atoms with Crippen molar-refractivity contribution in [3.63, 3.8) is 0 Å². The zero-order valence-corrected chi connectivity index (χ0v) is 14.2. The van der Waals surface area contributed by atoms with Crippen molar-refractivity contribution in [2.24, 2.45) is 0 Å². The van der Waals surface area contributed by atoms with Crippen LogP contribution in [0.4, 0.5) is 11.8 Å². The number of H-pyrrole nitrogens is 1. The van der Waals surface area contributed by atoms with Crippen LogP contribution < -0.4 is 10.6 Å². The standard InChI is InChI=1S/C16H17N7OS/c17-13-2-1-11(10-20-13)12-9-14(25-16-18-3-4-19-16)22-15(21-12)23-5-7-24-8-6-23/h1-4,9-10H,5-8H2,(H2,17,20)(H,18,19). The molecule has 4 heterocycles. The molecule has 3 N–H and O–H groups in total. The number of morpholine rings is 1. The average molecular weight is 355 g/mol. The molecule has 1 aliphatic rings. The fourth-order valence-electron chi connectivity index (χ4n) is 2.48. The maximum Gasteiger partial charge on any atom is 0.227 e. The molecule has 1 saturated heterocycles. The van der Waals surface area contributed by atoms with E-state index in [-0.39, 0.29) is 0 Å². The molecule has 4 rings (SSSR count). The molecule has 9 heteroatoms. The maximum atomic E-state index is 5.69. The van der Waals surface area contributed by atoms with Crippen LogP contribution in [0.2, 0.25) is 0 Å². The number of rotatable bonds is 4. The third-order valence-corrected chi connectivity index (χ3v) is 4.58. The summed E-state index contributed by atoms with van der Waals surface area (Å²) in [6, 6.07) is 5.62. The fraction of sp³-hybridized carbons (Fsp3) is 0.250. The molecule has 128 valence electrons. The molecule has 0 aromatic carbocycles. The molecule has 0 unspecified atom stereocenters. The molecule has 3 aromatic heterocycles. The molecule has 0 bridgehead atoms. The third kappa shape index (κ3) is 3.72. The van der Waals surface area contributed by atoms with Gasteiger partial charge in [0, 0.05) is 37.2 Å². The SMILES string of the molecule is Nc1ccc(-c2cc(Sc3ncc[nH]3)nc(N3CCOCC3)n2)cn1. The number of nitrogens with one attached hydrogen (secondary N) is 1. The fourth-order valence-corrected chi connectivity index (χ4v) is 3.22. The smallest absolute Gasteiger partial charge is 0.227 e. The largest absolute Gasteiger partial charge is 0.384 e. The van der Waals surface area contributed by atoms with Gasteiger partial charge in [-0.1, -0.05) is 0 Å². The van der Waals surface area contributed by atoms with Crippen LogP contribution >= 0.6 is 11.8 Å². The van der Waals surface area contributed by atoms with Gasteiger partial charge in [0.1, 0.15) is 10.8 Å². The summed E-state index contributed by atoms with van der Waals surface area (Å²) >= 11 is 1.46. The van der Waals surface area contributed by atoms with Gasteiger partial charge in [-0.2, -0.15) is 0 Å². The predicted molar refractivity (Wildman–Crippen MR) is 95.4 cm³/mol. The van der Waals surface area contributed by atoms with Crippen molar-refractivity contribution >= 4 is 23.5 Å². The minimum absolute atomic E-state index is 0.483. The number of pyridine rings is 1. The highest BCUT2D eigenvalue weighted by molar-refractivity contribution is 7.99. The summed E-state index contributed by atoms with van der Waals surface area (Å²) in [6.07, 6.45) is 5.23. The summed E-state index contributed by atoms with van der Waals surface area (Å²) < 4.78 is 5.42. The molecule has 1 fully saturated rings. The van der Waals surface area contributed by atoms with Crippen molar-refractivity contribution < 1.29 is 4.74 Å². The Morgan fingerprint density at radius 2 is 2.04 bits per heavy atom. The number of hydrogen-bond acceptors (Lipinski definition) is 8. The average Bonchev–Trinajstić information content (AvgIpc) is 3.16. The molecule has 8 nitrogen and oxygen atoms in total. The zero-order chi connectivity index (χ0) is 17.1. The minimum Gasteiger partial charge on any atom is -0.384 e. The lowest BCUT2D eigenvalue weighted by molar-refractivity contribution is 0.122. The van der Waals surface area contributed by atoms with E-state index in [0.29, 0.717) is 25.0 Å². The number of nitrogens with two attached hydrogens (primary N) is 1. The van der Waals surface area contributed by atoms with Crippen molar-refractivity contribution in [1.82, 2.24) is 24.9 Å². The normalized spacial score (nSPS) is 14.6. The summed E-state index contributed by atoms with van der Waals surface area (Å²) in [5, 5.41) is 1.60. The van der Waals surface area contributed by atoms with E-state index >= 15 is 0 Å². The first kappa shape index (κ1) is 15.9. The predicted octanol–water partition coefficient (Wildman–Crippen LogP) is 1.83. The number of nitrogen functional groups attached to an aromatic ring is 1. The van der Waals surface area contributed by atoms with Crippen LogP contribution in [0.5, 0.6) is 0 Å². The molecule has 0 amide bonds. The maximum absolute atomic E-state index is 5.69. The Morgan fingerprint density at radius 1 is 1.16 bits per heavy atom. The van der Waals surface area contributed by atoms with E-state index in [1.165, 1.54) is 11.8 Å². The monoisotopic (exact) mass is 355 g/mol. The van der Waals surface area contributed by atoms with Gasteiger partial charge in [0.2, 0.25) is 5.95 Å². The van der Waals surface area contributed by atoms with Gasteiger partial charge in [-0.25, -0.2) is 19.9 Å². The highest BCUT2D eigenvalue weighted by Crippen LogP contribution is 2.29. The van der Waals surface area contributed by atoms with Crippen molar-refractivity contribution in [1.29, 1.82) is 0 Å². The topological polar surface area (TPSA) is 106 Å². The molecule has 3 aromatic rings. The van der Waals surface area contributed by atoms with Crippen LogP contribution in [0.15, 0.2) is 47.0 Å². The second-order valence-electron chi connectivity index (χ2n) is 5.46. The van der Waals surface area contributed by atoms with E-state index in [9.17, 15) is 0 Å². The molecular weight excluding hydrogens is 338 g/mol. The number of ether oxygens (including phenoxy) is 1. The molecular formula is C16H17N7OS. The molecule has 0 atom stereocenters. The van der Waals surface area contributed by atoms with E-state index in [2.05, 4.69) is 19.9 Å². The van der Waals surface area contributed by atoms with E-state index in [4.69, 9.17) is 20.4 Å². The van der Waals surface area contributed by atoms with Crippen LogP contribution in [0, 0.1) is 0 Å². The van der Waals surface area contributed by atoms with Gasteiger partial charge in [0.05, 0.1) is 18.9 Å². The van der Waals surface area contributed by atoms with E-state index < -0.39 is 0 Å². The third-order valence-electron chi connectivity index (χ3n) is 3.74. The Morgan fingerprint density at radius 3 is 2.76 bits per heavy atom. The number of aromatic amines is 1. The Labute approximate surface area is 148 Å².